The maximum absolute atomic E-state index is 5.50. The minimum atomic E-state index is 0.585. The lowest BCUT2D eigenvalue weighted by Crippen LogP contribution is -2.04. The summed E-state index contributed by atoms with van der Waals surface area (Å²) < 4.78 is 0. The van der Waals surface area contributed by atoms with E-state index in [1.54, 1.807) is 0 Å². The average Bonchev–Trinajstić information content (AvgIpc) is 2.10. The fourth-order valence-corrected chi connectivity index (χ4v) is 2.08. The van der Waals surface area contributed by atoms with Gasteiger partial charge in [0.25, 0.3) is 0 Å². The summed E-state index contributed by atoms with van der Waals surface area (Å²) in [6.45, 7) is 7.16. The van der Waals surface area contributed by atoms with Gasteiger partial charge in [0.05, 0.1) is 5.03 Å². The molecule has 0 aliphatic rings. The van der Waals surface area contributed by atoms with E-state index in [0.29, 0.717) is 11.8 Å². The molecular weight excluding hydrogens is 192 g/mol. The third-order valence-corrected chi connectivity index (χ3v) is 2.99. The molecule has 0 aromatic carbocycles. The van der Waals surface area contributed by atoms with Gasteiger partial charge in [-0.05, 0) is 31.0 Å². The van der Waals surface area contributed by atoms with Crippen molar-refractivity contribution in [3.05, 3.63) is 23.4 Å². The van der Waals surface area contributed by atoms with Crippen molar-refractivity contribution in [3.8, 4) is 0 Å². The van der Waals surface area contributed by atoms with Crippen molar-refractivity contribution in [3.63, 3.8) is 0 Å². The molecule has 1 aromatic heterocycles. The first-order chi connectivity index (χ1) is 6.63. The molecule has 2 nitrogen and oxygen atoms in total. The minimum absolute atomic E-state index is 0.585. The molecule has 0 aliphatic heterocycles. The third-order valence-electron chi connectivity index (χ3n) is 1.87. The minimum Gasteiger partial charge on any atom is -0.330 e. The smallest absolute Gasteiger partial charge is 0.0991 e. The van der Waals surface area contributed by atoms with Crippen LogP contribution < -0.4 is 5.73 Å². The quantitative estimate of drug-likeness (QED) is 0.776. The number of nitrogens with zero attached hydrogens (tertiary/aromatic N) is 1. The van der Waals surface area contributed by atoms with Gasteiger partial charge in [-0.3, -0.25) is 0 Å². The summed E-state index contributed by atoms with van der Waals surface area (Å²) in [5.41, 5.74) is 7.99. The Labute approximate surface area is 90.3 Å². The van der Waals surface area contributed by atoms with Crippen LogP contribution in [0.5, 0.6) is 0 Å². The van der Waals surface area contributed by atoms with Crippen LogP contribution in [-0.2, 0) is 6.42 Å². The third kappa shape index (κ3) is 3.31. The molecule has 0 amide bonds. The van der Waals surface area contributed by atoms with Crippen LogP contribution in [0.25, 0.3) is 0 Å². The van der Waals surface area contributed by atoms with E-state index in [1.807, 2.05) is 18.0 Å². The molecule has 0 spiro atoms. The van der Waals surface area contributed by atoms with Gasteiger partial charge >= 0.3 is 0 Å². The number of nitrogens with two attached hydrogens (primary N) is 1. The van der Waals surface area contributed by atoms with E-state index in [2.05, 4.69) is 31.8 Å². The van der Waals surface area contributed by atoms with E-state index in [1.165, 1.54) is 11.1 Å². The van der Waals surface area contributed by atoms with Crippen LogP contribution in [0, 0.1) is 6.92 Å². The van der Waals surface area contributed by atoms with Gasteiger partial charge in [-0.15, -0.1) is 11.8 Å². The first kappa shape index (κ1) is 11.5. The molecule has 0 atom stereocenters. The maximum Gasteiger partial charge on any atom is 0.0991 e. The average molecular weight is 210 g/mol. The molecule has 1 aromatic rings. The Morgan fingerprint density at radius 3 is 2.71 bits per heavy atom. The van der Waals surface area contributed by atoms with E-state index in [9.17, 15) is 0 Å². The lowest BCUT2D eigenvalue weighted by molar-refractivity contribution is 0.933. The standard InChI is InChI=1S/C11H18N2S/c1-8(2)14-11-9(3)6-10(4-5-12)7-13-11/h6-8H,4-5,12H2,1-3H3. The van der Waals surface area contributed by atoms with Gasteiger partial charge < -0.3 is 5.73 Å². The highest BCUT2D eigenvalue weighted by Gasteiger charge is 2.04. The molecule has 0 fully saturated rings. The molecule has 0 saturated heterocycles. The zero-order valence-electron chi connectivity index (χ0n) is 9.08. The van der Waals surface area contributed by atoms with Crippen molar-refractivity contribution in [1.29, 1.82) is 0 Å². The van der Waals surface area contributed by atoms with Gasteiger partial charge in [-0.1, -0.05) is 19.9 Å². The van der Waals surface area contributed by atoms with E-state index < -0.39 is 0 Å². The number of thioether (sulfide) groups is 1. The van der Waals surface area contributed by atoms with Crippen LogP contribution in [0.2, 0.25) is 0 Å². The van der Waals surface area contributed by atoms with Crippen LogP contribution in [0.1, 0.15) is 25.0 Å². The molecule has 14 heavy (non-hydrogen) atoms. The Morgan fingerprint density at radius 1 is 1.50 bits per heavy atom. The number of hydrogen-bond acceptors (Lipinski definition) is 3. The fraction of sp³-hybridized carbons (Fsp3) is 0.545. The predicted octanol–water partition coefficient (Wildman–Crippen LogP) is 2.39. The molecule has 1 rings (SSSR count). The molecule has 0 aliphatic carbocycles. The summed E-state index contributed by atoms with van der Waals surface area (Å²) in [7, 11) is 0. The van der Waals surface area contributed by atoms with Gasteiger partial charge in [-0.25, -0.2) is 4.98 Å². The van der Waals surface area contributed by atoms with E-state index in [-0.39, 0.29) is 0 Å². The van der Waals surface area contributed by atoms with Gasteiger partial charge in [0, 0.05) is 11.4 Å². The number of pyridine rings is 1. The highest BCUT2D eigenvalue weighted by molar-refractivity contribution is 7.99. The summed E-state index contributed by atoms with van der Waals surface area (Å²) in [5, 5.41) is 1.72. The van der Waals surface area contributed by atoms with Crippen molar-refractivity contribution in [2.45, 2.75) is 37.5 Å². The highest BCUT2D eigenvalue weighted by Crippen LogP contribution is 2.24. The summed E-state index contributed by atoms with van der Waals surface area (Å²) in [6, 6.07) is 2.19. The predicted molar refractivity (Wildman–Crippen MR) is 62.7 cm³/mol. The summed E-state index contributed by atoms with van der Waals surface area (Å²) in [4.78, 5) is 4.44. The topological polar surface area (TPSA) is 38.9 Å². The SMILES string of the molecule is Cc1cc(CCN)cnc1SC(C)C. The molecule has 0 radical (unpaired) electrons. The fourth-order valence-electron chi connectivity index (χ4n) is 1.27. The lowest BCUT2D eigenvalue weighted by Gasteiger charge is -2.08. The lowest BCUT2D eigenvalue weighted by atomic mass is 10.2. The van der Waals surface area contributed by atoms with Crippen LogP contribution in [-0.4, -0.2) is 16.8 Å². The van der Waals surface area contributed by atoms with Crippen molar-refractivity contribution >= 4 is 11.8 Å². The van der Waals surface area contributed by atoms with Gasteiger partial charge in [0.15, 0.2) is 0 Å². The molecule has 3 heteroatoms. The zero-order valence-corrected chi connectivity index (χ0v) is 9.90. The Morgan fingerprint density at radius 2 is 2.21 bits per heavy atom. The zero-order chi connectivity index (χ0) is 10.6. The van der Waals surface area contributed by atoms with Crippen molar-refractivity contribution in [2.24, 2.45) is 5.73 Å². The maximum atomic E-state index is 5.50. The van der Waals surface area contributed by atoms with E-state index in [4.69, 9.17) is 5.73 Å². The van der Waals surface area contributed by atoms with Crippen LogP contribution in [0.3, 0.4) is 0 Å². The molecule has 1 heterocycles. The van der Waals surface area contributed by atoms with Crippen molar-refractivity contribution in [2.75, 3.05) is 6.54 Å². The molecule has 2 N–H and O–H groups in total. The molecule has 0 saturated carbocycles. The summed E-state index contributed by atoms with van der Waals surface area (Å²) in [6.07, 6.45) is 2.85. The molecule has 78 valence electrons. The second-order valence-electron chi connectivity index (χ2n) is 3.67. The second-order valence-corrected chi connectivity index (χ2v) is 5.24. The normalized spacial score (nSPS) is 10.9. The Bertz CT molecular complexity index is 297. The Kier molecular flexibility index (Phi) is 4.42. The van der Waals surface area contributed by atoms with Crippen LogP contribution in [0.15, 0.2) is 17.3 Å². The number of hydrogen-bond donors (Lipinski definition) is 1. The van der Waals surface area contributed by atoms with Crippen LogP contribution in [0.4, 0.5) is 0 Å². The first-order valence-electron chi connectivity index (χ1n) is 4.95. The highest BCUT2D eigenvalue weighted by atomic mass is 32.2. The van der Waals surface area contributed by atoms with Crippen LogP contribution >= 0.6 is 11.8 Å². The van der Waals surface area contributed by atoms with Gasteiger partial charge in [-0.2, -0.15) is 0 Å². The number of rotatable bonds is 4. The van der Waals surface area contributed by atoms with Crippen molar-refractivity contribution < 1.29 is 0 Å². The largest absolute Gasteiger partial charge is 0.330 e. The first-order valence-corrected chi connectivity index (χ1v) is 5.83. The van der Waals surface area contributed by atoms with E-state index in [0.717, 1.165) is 11.4 Å². The summed E-state index contributed by atoms with van der Waals surface area (Å²) in [5.74, 6) is 0. The van der Waals surface area contributed by atoms with Crippen molar-refractivity contribution in [1.82, 2.24) is 4.98 Å². The monoisotopic (exact) mass is 210 g/mol. The van der Waals surface area contributed by atoms with E-state index >= 15 is 0 Å². The Balaban J connectivity index is 2.79. The Hall–Kier alpha value is -0.540. The second kappa shape index (κ2) is 5.37. The molecule has 0 unspecified atom stereocenters. The van der Waals surface area contributed by atoms with Gasteiger partial charge in [0.1, 0.15) is 0 Å². The molecule has 0 bridgehead atoms. The van der Waals surface area contributed by atoms with Gasteiger partial charge in [0.2, 0.25) is 0 Å². The molecular formula is C11H18N2S. The summed E-state index contributed by atoms with van der Waals surface area (Å²) >= 11 is 1.81. The number of aromatic nitrogens is 1. The number of aryl methyl sites for hydroxylation is 1.